The van der Waals surface area contributed by atoms with E-state index in [1.54, 1.807) is 36.4 Å². The summed E-state index contributed by atoms with van der Waals surface area (Å²) in [4.78, 5) is 2.07. The summed E-state index contributed by atoms with van der Waals surface area (Å²) in [5.41, 5.74) is 1.36. The van der Waals surface area contributed by atoms with Gasteiger partial charge in [-0.25, -0.2) is 8.42 Å². The van der Waals surface area contributed by atoms with Crippen LogP contribution in [0.25, 0.3) is 0 Å². The van der Waals surface area contributed by atoms with E-state index in [4.69, 9.17) is 0 Å². The van der Waals surface area contributed by atoms with Gasteiger partial charge in [-0.1, -0.05) is 18.2 Å². The van der Waals surface area contributed by atoms with Crippen molar-refractivity contribution in [3.05, 3.63) is 53.0 Å². The highest BCUT2D eigenvalue weighted by atomic mass is 79.9. The van der Waals surface area contributed by atoms with Gasteiger partial charge in [0.15, 0.2) is 0 Å². The van der Waals surface area contributed by atoms with Crippen LogP contribution < -0.4 is 9.62 Å². The van der Waals surface area contributed by atoms with Crippen LogP contribution in [0.2, 0.25) is 0 Å². The summed E-state index contributed by atoms with van der Waals surface area (Å²) in [5.74, 6) is 0. The van der Waals surface area contributed by atoms with E-state index >= 15 is 0 Å². The molecule has 0 spiro atoms. The normalized spacial score (nSPS) is 11.2. The fraction of sp³-hybridized carbons (Fsp3) is 0.143. The molecular weight excluding hydrogens is 340 g/mol. The Labute approximate surface area is 127 Å². The Bertz CT molecular complexity index is 700. The number of rotatable bonds is 4. The predicted octanol–water partition coefficient (Wildman–Crippen LogP) is 3.32. The molecule has 0 unspecified atom stereocenters. The Morgan fingerprint density at radius 1 is 1.05 bits per heavy atom. The third-order valence-corrected chi connectivity index (χ3v) is 5.12. The summed E-state index contributed by atoms with van der Waals surface area (Å²) in [6, 6.07) is 14.0. The summed E-state index contributed by atoms with van der Waals surface area (Å²) in [6.07, 6.45) is 0. The third kappa shape index (κ3) is 3.32. The lowest BCUT2D eigenvalue weighted by Crippen LogP contribution is -2.15. The monoisotopic (exact) mass is 354 g/mol. The first-order valence-electron chi connectivity index (χ1n) is 5.95. The second-order valence-electron chi connectivity index (χ2n) is 4.48. The molecule has 0 radical (unpaired) electrons. The molecule has 106 valence electrons. The minimum absolute atomic E-state index is 0.215. The molecular formula is C14H15BrN2O2S. The van der Waals surface area contributed by atoms with E-state index in [2.05, 4.69) is 20.7 Å². The highest BCUT2D eigenvalue weighted by Crippen LogP contribution is 2.28. The van der Waals surface area contributed by atoms with E-state index in [9.17, 15) is 8.42 Å². The molecule has 2 aromatic rings. The predicted molar refractivity (Wildman–Crippen MR) is 85.7 cm³/mol. The molecule has 0 aliphatic carbocycles. The summed E-state index contributed by atoms with van der Waals surface area (Å²) >= 11 is 3.29. The molecule has 0 heterocycles. The van der Waals surface area contributed by atoms with Crippen molar-refractivity contribution >= 4 is 37.3 Å². The topological polar surface area (TPSA) is 49.4 Å². The largest absolute Gasteiger partial charge is 0.378 e. The molecule has 0 aliphatic heterocycles. The van der Waals surface area contributed by atoms with Gasteiger partial charge >= 0.3 is 0 Å². The zero-order chi connectivity index (χ0) is 14.8. The number of nitrogens with zero attached hydrogens (tertiary/aromatic N) is 1. The van der Waals surface area contributed by atoms with Gasteiger partial charge in [-0.15, -0.1) is 0 Å². The smallest absolute Gasteiger partial charge is 0.263 e. The maximum atomic E-state index is 12.4. The number of anilines is 2. The number of hydrogen-bond donors (Lipinski definition) is 1. The lowest BCUT2D eigenvalue weighted by Gasteiger charge is -2.15. The van der Waals surface area contributed by atoms with Crippen LogP contribution in [0.15, 0.2) is 57.9 Å². The van der Waals surface area contributed by atoms with Crippen LogP contribution in [-0.2, 0) is 10.0 Å². The molecule has 6 heteroatoms. The molecule has 2 rings (SSSR count). The molecule has 0 fully saturated rings. The molecule has 0 saturated carbocycles. The molecule has 0 bridgehead atoms. The van der Waals surface area contributed by atoms with Gasteiger partial charge < -0.3 is 4.90 Å². The molecule has 0 aliphatic rings. The summed E-state index contributed by atoms with van der Waals surface area (Å²) in [5, 5.41) is 0. The Kier molecular flexibility index (Phi) is 4.35. The van der Waals surface area contributed by atoms with Crippen LogP contribution in [0.3, 0.4) is 0 Å². The molecule has 1 N–H and O–H groups in total. The summed E-state index contributed by atoms with van der Waals surface area (Å²) in [6.45, 7) is 0. The SMILES string of the molecule is CN(C)c1ccc(Br)c(S(=O)(=O)Nc2ccccc2)c1. The molecule has 20 heavy (non-hydrogen) atoms. The van der Waals surface area contributed by atoms with Crippen molar-refractivity contribution < 1.29 is 8.42 Å². The van der Waals surface area contributed by atoms with Gasteiger partial charge in [-0.2, -0.15) is 0 Å². The van der Waals surface area contributed by atoms with Gasteiger partial charge in [0.25, 0.3) is 10.0 Å². The Balaban J connectivity index is 2.41. The molecule has 0 amide bonds. The maximum Gasteiger partial charge on any atom is 0.263 e. The van der Waals surface area contributed by atoms with Crippen LogP contribution in [0.5, 0.6) is 0 Å². The fourth-order valence-corrected chi connectivity index (χ4v) is 3.74. The van der Waals surface area contributed by atoms with Crippen molar-refractivity contribution in [2.75, 3.05) is 23.7 Å². The van der Waals surface area contributed by atoms with Gasteiger partial charge in [-0.3, -0.25) is 4.72 Å². The Morgan fingerprint density at radius 2 is 1.70 bits per heavy atom. The Morgan fingerprint density at radius 3 is 2.30 bits per heavy atom. The minimum atomic E-state index is -3.62. The Hall–Kier alpha value is -1.53. The van der Waals surface area contributed by atoms with E-state index in [1.165, 1.54) is 0 Å². The average Bonchev–Trinajstić information content (AvgIpc) is 2.39. The van der Waals surface area contributed by atoms with Gasteiger partial charge in [0.2, 0.25) is 0 Å². The van der Waals surface area contributed by atoms with Crippen LogP contribution in [-0.4, -0.2) is 22.5 Å². The van der Waals surface area contributed by atoms with Crippen molar-refractivity contribution in [1.82, 2.24) is 0 Å². The van der Waals surface area contributed by atoms with E-state index in [-0.39, 0.29) is 4.90 Å². The summed E-state index contributed by atoms with van der Waals surface area (Å²) in [7, 11) is 0.107. The molecule has 0 aromatic heterocycles. The maximum absolute atomic E-state index is 12.4. The molecule has 0 saturated heterocycles. The zero-order valence-corrected chi connectivity index (χ0v) is 13.6. The number of sulfonamides is 1. The van der Waals surface area contributed by atoms with E-state index in [0.717, 1.165) is 5.69 Å². The molecule has 0 atom stereocenters. The first-order chi connectivity index (χ1) is 9.40. The van der Waals surface area contributed by atoms with E-state index < -0.39 is 10.0 Å². The first-order valence-corrected chi connectivity index (χ1v) is 8.22. The first kappa shape index (κ1) is 14.9. The van der Waals surface area contributed by atoms with Gasteiger partial charge in [0.05, 0.1) is 0 Å². The molecule has 2 aromatic carbocycles. The average molecular weight is 355 g/mol. The van der Waals surface area contributed by atoms with Crippen molar-refractivity contribution in [3.63, 3.8) is 0 Å². The van der Waals surface area contributed by atoms with E-state index in [1.807, 2.05) is 31.1 Å². The van der Waals surface area contributed by atoms with Gasteiger partial charge in [0.1, 0.15) is 4.90 Å². The van der Waals surface area contributed by atoms with Gasteiger partial charge in [-0.05, 0) is 46.3 Å². The van der Waals surface area contributed by atoms with Gasteiger partial charge in [0, 0.05) is 29.9 Å². The van der Waals surface area contributed by atoms with Crippen LogP contribution in [0.1, 0.15) is 0 Å². The van der Waals surface area contributed by atoms with Crippen LogP contribution in [0.4, 0.5) is 11.4 Å². The number of para-hydroxylation sites is 1. The van der Waals surface area contributed by atoms with Crippen molar-refractivity contribution in [1.29, 1.82) is 0 Å². The second kappa shape index (κ2) is 5.85. The standard InChI is InChI=1S/C14H15BrN2O2S/c1-17(2)12-8-9-13(15)14(10-12)20(18,19)16-11-6-4-3-5-7-11/h3-10,16H,1-2H3. The lowest BCUT2D eigenvalue weighted by molar-refractivity contribution is 0.601. The third-order valence-electron chi connectivity index (χ3n) is 2.75. The zero-order valence-electron chi connectivity index (χ0n) is 11.2. The number of halogens is 1. The minimum Gasteiger partial charge on any atom is -0.378 e. The van der Waals surface area contributed by atoms with Crippen molar-refractivity contribution in [2.24, 2.45) is 0 Å². The van der Waals surface area contributed by atoms with Crippen LogP contribution >= 0.6 is 15.9 Å². The number of benzene rings is 2. The molecule has 4 nitrogen and oxygen atoms in total. The second-order valence-corrected chi connectivity index (χ2v) is 6.99. The van der Waals surface area contributed by atoms with Crippen molar-refractivity contribution in [2.45, 2.75) is 4.90 Å². The summed E-state index contributed by atoms with van der Waals surface area (Å²) < 4.78 is 28.0. The van der Waals surface area contributed by atoms with Crippen LogP contribution in [0, 0.1) is 0 Å². The lowest BCUT2D eigenvalue weighted by atomic mass is 10.3. The number of nitrogens with one attached hydrogen (secondary N) is 1. The fourth-order valence-electron chi connectivity index (χ4n) is 1.69. The van der Waals surface area contributed by atoms with E-state index in [0.29, 0.717) is 10.2 Å². The highest BCUT2D eigenvalue weighted by Gasteiger charge is 2.18. The highest BCUT2D eigenvalue weighted by molar-refractivity contribution is 9.10. The quantitative estimate of drug-likeness (QED) is 0.916. The number of hydrogen-bond acceptors (Lipinski definition) is 3. The van der Waals surface area contributed by atoms with Crippen molar-refractivity contribution in [3.8, 4) is 0 Å².